The Morgan fingerprint density at radius 3 is 2.82 bits per heavy atom. The number of hydrogen-bond acceptors (Lipinski definition) is 8. The summed E-state index contributed by atoms with van der Waals surface area (Å²) in [5, 5.41) is 21.8. The molecular weight excluding hydrogens is 396 g/mol. The van der Waals surface area contributed by atoms with Crippen LogP contribution in [0.25, 0.3) is 22.6 Å². The summed E-state index contributed by atoms with van der Waals surface area (Å²) in [6.45, 7) is 3.80. The first-order valence-corrected chi connectivity index (χ1v) is 10.4. The SMILES string of the molecule is CCC(Sc1nnc(-c2cc3ccccc3o2)n1C)C(=O)Nc1nnc(C)s1. The molecule has 1 amide bonds. The van der Waals surface area contributed by atoms with Gasteiger partial charge in [-0.05, 0) is 25.5 Å². The minimum absolute atomic E-state index is 0.128. The predicted octanol–water partition coefficient (Wildman–Crippen LogP) is 3.90. The molecule has 8 nitrogen and oxygen atoms in total. The first kappa shape index (κ1) is 18.6. The topological polar surface area (TPSA) is 98.7 Å². The molecule has 0 aliphatic heterocycles. The monoisotopic (exact) mass is 414 g/mol. The highest BCUT2D eigenvalue weighted by Crippen LogP contribution is 2.31. The van der Waals surface area contributed by atoms with Gasteiger partial charge < -0.3 is 8.98 Å². The van der Waals surface area contributed by atoms with E-state index < -0.39 is 0 Å². The second-order valence-electron chi connectivity index (χ2n) is 6.14. The highest BCUT2D eigenvalue weighted by atomic mass is 32.2. The number of thioether (sulfide) groups is 1. The maximum Gasteiger partial charge on any atom is 0.239 e. The van der Waals surface area contributed by atoms with E-state index in [1.807, 2.05) is 55.8 Å². The van der Waals surface area contributed by atoms with Crippen molar-refractivity contribution < 1.29 is 9.21 Å². The van der Waals surface area contributed by atoms with E-state index in [2.05, 4.69) is 25.7 Å². The van der Waals surface area contributed by atoms with Crippen molar-refractivity contribution in [2.24, 2.45) is 7.05 Å². The second-order valence-corrected chi connectivity index (χ2v) is 8.50. The molecule has 3 heterocycles. The third kappa shape index (κ3) is 3.65. The molecule has 144 valence electrons. The van der Waals surface area contributed by atoms with Crippen molar-refractivity contribution in [1.82, 2.24) is 25.0 Å². The normalized spacial score (nSPS) is 12.4. The number of nitrogens with zero attached hydrogens (tertiary/aromatic N) is 5. The van der Waals surface area contributed by atoms with Crippen molar-refractivity contribution in [2.75, 3.05) is 5.32 Å². The molecule has 0 saturated carbocycles. The molecule has 0 fully saturated rings. The van der Waals surface area contributed by atoms with Crippen LogP contribution >= 0.6 is 23.1 Å². The molecule has 0 radical (unpaired) electrons. The van der Waals surface area contributed by atoms with Crippen LogP contribution in [0.2, 0.25) is 0 Å². The standard InChI is InChI=1S/C18H18N6O2S2/c1-4-14(16(25)19-17-22-20-10(2)27-17)28-18-23-21-15(24(18)3)13-9-11-7-5-6-8-12(11)26-13/h5-9,14H,4H2,1-3H3,(H,19,22,25). The highest BCUT2D eigenvalue weighted by Gasteiger charge is 2.23. The third-order valence-corrected chi connectivity index (χ3v) is 6.30. The Balaban J connectivity index is 1.53. The Morgan fingerprint density at radius 2 is 2.11 bits per heavy atom. The van der Waals surface area contributed by atoms with Crippen LogP contribution in [0.4, 0.5) is 5.13 Å². The summed E-state index contributed by atoms with van der Waals surface area (Å²) < 4.78 is 7.72. The number of benzene rings is 1. The fourth-order valence-electron chi connectivity index (χ4n) is 2.71. The molecule has 0 bridgehead atoms. The third-order valence-electron chi connectivity index (χ3n) is 4.15. The van der Waals surface area contributed by atoms with Crippen molar-refractivity contribution >= 4 is 45.1 Å². The molecular formula is C18H18N6O2S2. The van der Waals surface area contributed by atoms with E-state index in [1.54, 1.807) is 0 Å². The molecule has 0 spiro atoms. The lowest BCUT2D eigenvalue weighted by molar-refractivity contribution is -0.115. The van der Waals surface area contributed by atoms with Gasteiger partial charge in [0.2, 0.25) is 11.0 Å². The molecule has 1 unspecified atom stereocenters. The first-order valence-electron chi connectivity index (χ1n) is 8.71. The summed E-state index contributed by atoms with van der Waals surface area (Å²) in [6, 6.07) is 9.73. The predicted molar refractivity (Wildman–Crippen MR) is 109 cm³/mol. The van der Waals surface area contributed by atoms with E-state index in [0.717, 1.165) is 16.0 Å². The number of furan rings is 1. The zero-order chi connectivity index (χ0) is 19.7. The number of carbonyl (C=O) groups excluding carboxylic acids is 1. The summed E-state index contributed by atoms with van der Waals surface area (Å²) >= 11 is 2.71. The van der Waals surface area contributed by atoms with Gasteiger partial charge in [0.15, 0.2) is 16.7 Å². The van der Waals surface area contributed by atoms with Crippen LogP contribution < -0.4 is 5.32 Å². The maximum absolute atomic E-state index is 12.6. The van der Waals surface area contributed by atoms with Gasteiger partial charge in [0.25, 0.3) is 0 Å². The first-order chi connectivity index (χ1) is 13.5. The van der Waals surface area contributed by atoms with E-state index in [0.29, 0.717) is 28.3 Å². The van der Waals surface area contributed by atoms with Crippen LogP contribution in [-0.2, 0) is 11.8 Å². The molecule has 28 heavy (non-hydrogen) atoms. The molecule has 0 aliphatic carbocycles. The van der Waals surface area contributed by atoms with Gasteiger partial charge in [-0.3, -0.25) is 10.1 Å². The quantitative estimate of drug-likeness (QED) is 0.478. The Hall–Kier alpha value is -2.72. The summed E-state index contributed by atoms with van der Waals surface area (Å²) in [5.74, 6) is 1.13. The van der Waals surface area contributed by atoms with Crippen LogP contribution in [0, 0.1) is 6.92 Å². The zero-order valence-electron chi connectivity index (χ0n) is 15.5. The van der Waals surface area contributed by atoms with Gasteiger partial charge in [0, 0.05) is 12.4 Å². The molecule has 0 aliphatic rings. The molecule has 1 aromatic carbocycles. The van der Waals surface area contributed by atoms with Crippen molar-refractivity contribution in [3.63, 3.8) is 0 Å². The van der Waals surface area contributed by atoms with Crippen LogP contribution in [0.3, 0.4) is 0 Å². The van der Waals surface area contributed by atoms with Crippen LogP contribution in [0.1, 0.15) is 18.4 Å². The van der Waals surface area contributed by atoms with Crippen LogP contribution in [0.15, 0.2) is 39.9 Å². The molecule has 1 N–H and O–H groups in total. The fourth-order valence-corrected chi connectivity index (χ4v) is 4.22. The number of anilines is 1. The Labute approximate surface area is 169 Å². The number of nitrogens with one attached hydrogen (secondary N) is 1. The number of aryl methyl sites for hydroxylation is 1. The lowest BCUT2D eigenvalue weighted by Crippen LogP contribution is -2.25. The largest absolute Gasteiger partial charge is 0.453 e. The average molecular weight is 415 g/mol. The van der Waals surface area contributed by atoms with E-state index in [1.165, 1.54) is 23.1 Å². The Bertz CT molecular complexity index is 1100. The lowest BCUT2D eigenvalue weighted by Gasteiger charge is -2.12. The van der Waals surface area contributed by atoms with E-state index in [-0.39, 0.29) is 11.2 Å². The smallest absolute Gasteiger partial charge is 0.239 e. The number of fused-ring (bicyclic) bond motifs is 1. The minimum atomic E-state index is -0.323. The summed E-state index contributed by atoms with van der Waals surface area (Å²) in [6.07, 6.45) is 0.640. The van der Waals surface area contributed by atoms with Gasteiger partial charge in [-0.2, -0.15) is 0 Å². The molecule has 3 aromatic heterocycles. The Morgan fingerprint density at radius 1 is 1.29 bits per heavy atom. The summed E-state index contributed by atoms with van der Waals surface area (Å²) in [5.41, 5.74) is 0.799. The number of para-hydroxylation sites is 1. The molecule has 4 aromatic rings. The maximum atomic E-state index is 12.6. The average Bonchev–Trinajstić information content (AvgIpc) is 3.38. The van der Waals surface area contributed by atoms with Crippen molar-refractivity contribution in [1.29, 1.82) is 0 Å². The van der Waals surface area contributed by atoms with Gasteiger partial charge in [0.1, 0.15) is 10.6 Å². The van der Waals surface area contributed by atoms with Gasteiger partial charge >= 0.3 is 0 Å². The second kappa shape index (κ2) is 7.72. The van der Waals surface area contributed by atoms with Crippen LogP contribution in [-0.4, -0.2) is 36.1 Å². The van der Waals surface area contributed by atoms with E-state index in [9.17, 15) is 4.79 Å². The molecule has 0 saturated heterocycles. The summed E-state index contributed by atoms with van der Waals surface area (Å²) in [4.78, 5) is 12.6. The molecule has 4 rings (SSSR count). The van der Waals surface area contributed by atoms with Crippen LogP contribution in [0.5, 0.6) is 0 Å². The lowest BCUT2D eigenvalue weighted by atomic mass is 10.2. The van der Waals surface area contributed by atoms with E-state index in [4.69, 9.17) is 4.42 Å². The van der Waals surface area contributed by atoms with Gasteiger partial charge in [-0.1, -0.05) is 48.2 Å². The number of aromatic nitrogens is 5. The molecule has 1 atom stereocenters. The van der Waals surface area contributed by atoms with Crippen molar-refractivity contribution in [2.45, 2.75) is 30.7 Å². The zero-order valence-corrected chi connectivity index (χ0v) is 17.2. The van der Waals surface area contributed by atoms with E-state index >= 15 is 0 Å². The van der Waals surface area contributed by atoms with Crippen molar-refractivity contribution in [3.05, 3.63) is 35.3 Å². The summed E-state index contributed by atoms with van der Waals surface area (Å²) in [7, 11) is 1.86. The highest BCUT2D eigenvalue weighted by molar-refractivity contribution is 8.00. The molecule has 10 heteroatoms. The Kier molecular flexibility index (Phi) is 5.14. The number of carbonyl (C=O) groups is 1. The number of hydrogen-bond donors (Lipinski definition) is 1. The van der Waals surface area contributed by atoms with Gasteiger partial charge in [-0.25, -0.2) is 0 Å². The van der Waals surface area contributed by atoms with Crippen molar-refractivity contribution in [3.8, 4) is 11.6 Å². The number of rotatable bonds is 6. The number of amides is 1. The van der Waals surface area contributed by atoms with Gasteiger partial charge in [-0.15, -0.1) is 20.4 Å². The minimum Gasteiger partial charge on any atom is -0.453 e. The fraction of sp³-hybridized carbons (Fsp3) is 0.278. The van der Waals surface area contributed by atoms with Gasteiger partial charge in [0.05, 0.1) is 5.25 Å².